The van der Waals surface area contributed by atoms with Crippen LogP contribution in [0, 0.1) is 5.82 Å². The summed E-state index contributed by atoms with van der Waals surface area (Å²) in [4.78, 5) is 27.2. The van der Waals surface area contributed by atoms with Gasteiger partial charge in [0.25, 0.3) is 0 Å². The molecule has 180 valence electrons. The van der Waals surface area contributed by atoms with E-state index in [9.17, 15) is 22.4 Å². The number of sulfonamides is 1. The molecular formula is C22H26Cl2FN3O4S. The lowest BCUT2D eigenvalue weighted by molar-refractivity contribution is -0.139. The van der Waals surface area contributed by atoms with Gasteiger partial charge < -0.3 is 10.2 Å². The Hall–Kier alpha value is -2.36. The van der Waals surface area contributed by atoms with Gasteiger partial charge in [-0.3, -0.25) is 13.9 Å². The molecule has 33 heavy (non-hydrogen) atoms. The van der Waals surface area contributed by atoms with Crippen molar-refractivity contribution in [1.82, 2.24) is 10.2 Å². The summed E-state index contributed by atoms with van der Waals surface area (Å²) >= 11 is 12.1. The summed E-state index contributed by atoms with van der Waals surface area (Å²) in [5.41, 5.74) is 0.320. The number of para-hydroxylation sites is 1. The van der Waals surface area contributed by atoms with Crippen LogP contribution in [0.4, 0.5) is 10.1 Å². The maximum absolute atomic E-state index is 14.4. The first kappa shape index (κ1) is 26.9. The normalized spacial score (nSPS) is 12.4. The molecule has 2 rings (SSSR count). The number of benzene rings is 2. The van der Waals surface area contributed by atoms with Crippen molar-refractivity contribution in [1.29, 1.82) is 0 Å². The third-order valence-electron chi connectivity index (χ3n) is 4.74. The van der Waals surface area contributed by atoms with Gasteiger partial charge in [-0.15, -0.1) is 0 Å². The molecule has 1 N–H and O–H groups in total. The Morgan fingerprint density at radius 3 is 2.24 bits per heavy atom. The maximum atomic E-state index is 14.4. The van der Waals surface area contributed by atoms with Crippen LogP contribution in [0.25, 0.3) is 0 Å². The van der Waals surface area contributed by atoms with Crippen LogP contribution >= 0.6 is 23.2 Å². The van der Waals surface area contributed by atoms with E-state index in [4.69, 9.17) is 23.2 Å². The standard InChI is InChI=1S/C22H26Cl2FN3O4S/c1-14(2)26-22(30)15(3)27(12-16-9-10-17(23)18(24)11-16)21(29)13-28(33(4,31)32)20-8-6-5-7-19(20)25/h5-11,14-15H,12-13H2,1-4H3,(H,26,30). The van der Waals surface area contributed by atoms with Gasteiger partial charge in [-0.25, -0.2) is 12.8 Å². The summed E-state index contributed by atoms with van der Waals surface area (Å²) in [6.07, 6.45) is 0.880. The average molecular weight is 518 g/mol. The molecule has 0 saturated carbocycles. The number of carbonyl (C=O) groups is 2. The van der Waals surface area contributed by atoms with E-state index in [1.54, 1.807) is 32.0 Å². The smallest absolute Gasteiger partial charge is 0.244 e. The van der Waals surface area contributed by atoms with Gasteiger partial charge in [0.15, 0.2) is 0 Å². The molecule has 0 bridgehead atoms. The minimum absolute atomic E-state index is 0.0444. The minimum Gasteiger partial charge on any atom is -0.352 e. The number of nitrogens with one attached hydrogen (secondary N) is 1. The number of hydrogen-bond acceptors (Lipinski definition) is 4. The fraction of sp³-hybridized carbons (Fsp3) is 0.364. The highest BCUT2D eigenvalue weighted by atomic mass is 35.5. The van der Waals surface area contributed by atoms with Gasteiger partial charge in [0.05, 0.1) is 22.0 Å². The van der Waals surface area contributed by atoms with Crippen molar-refractivity contribution in [3.8, 4) is 0 Å². The molecule has 0 aliphatic carbocycles. The van der Waals surface area contributed by atoms with Crippen LogP contribution in [-0.2, 0) is 26.2 Å². The molecule has 0 aliphatic heterocycles. The Bertz CT molecular complexity index is 1130. The predicted octanol–water partition coefficient (Wildman–Crippen LogP) is 3.84. The van der Waals surface area contributed by atoms with Gasteiger partial charge in [-0.1, -0.05) is 41.4 Å². The van der Waals surface area contributed by atoms with Gasteiger partial charge >= 0.3 is 0 Å². The van der Waals surface area contributed by atoms with Gasteiger partial charge in [0.2, 0.25) is 21.8 Å². The maximum Gasteiger partial charge on any atom is 0.244 e. The third kappa shape index (κ3) is 7.31. The molecule has 11 heteroatoms. The van der Waals surface area contributed by atoms with Gasteiger partial charge in [0.1, 0.15) is 18.4 Å². The van der Waals surface area contributed by atoms with E-state index >= 15 is 0 Å². The topological polar surface area (TPSA) is 86.8 Å². The molecule has 2 aromatic carbocycles. The second-order valence-electron chi connectivity index (χ2n) is 7.83. The quantitative estimate of drug-likeness (QED) is 0.547. The number of halogens is 3. The summed E-state index contributed by atoms with van der Waals surface area (Å²) < 4.78 is 39.9. The second kappa shape index (κ2) is 11.2. The highest BCUT2D eigenvalue weighted by molar-refractivity contribution is 7.92. The number of amides is 2. The number of carbonyl (C=O) groups excluding carboxylic acids is 2. The third-order valence-corrected chi connectivity index (χ3v) is 6.60. The van der Waals surface area contributed by atoms with Crippen molar-refractivity contribution < 1.29 is 22.4 Å². The van der Waals surface area contributed by atoms with E-state index in [1.165, 1.54) is 30.0 Å². The minimum atomic E-state index is -4.01. The zero-order chi connectivity index (χ0) is 24.9. The van der Waals surface area contributed by atoms with Crippen molar-refractivity contribution in [2.75, 3.05) is 17.1 Å². The molecule has 1 unspecified atom stereocenters. The Morgan fingerprint density at radius 2 is 1.70 bits per heavy atom. The molecule has 0 aliphatic rings. The molecular weight excluding hydrogens is 492 g/mol. The first-order chi connectivity index (χ1) is 15.3. The zero-order valence-electron chi connectivity index (χ0n) is 18.7. The number of hydrogen-bond donors (Lipinski definition) is 1. The molecule has 1 atom stereocenters. The van der Waals surface area contributed by atoms with Crippen molar-refractivity contribution in [2.45, 2.75) is 39.4 Å². The fourth-order valence-corrected chi connectivity index (χ4v) is 4.24. The van der Waals surface area contributed by atoms with Gasteiger partial charge in [0, 0.05) is 12.6 Å². The van der Waals surface area contributed by atoms with Crippen LogP contribution in [0.1, 0.15) is 26.3 Å². The lowest BCUT2D eigenvalue weighted by atomic mass is 10.1. The van der Waals surface area contributed by atoms with Crippen molar-refractivity contribution in [2.24, 2.45) is 0 Å². The van der Waals surface area contributed by atoms with E-state index in [1.807, 2.05) is 0 Å². The van der Waals surface area contributed by atoms with Crippen LogP contribution < -0.4 is 9.62 Å². The lowest BCUT2D eigenvalue weighted by Gasteiger charge is -2.32. The Balaban J connectivity index is 2.43. The van der Waals surface area contributed by atoms with Gasteiger partial charge in [-0.2, -0.15) is 0 Å². The van der Waals surface area contributed by atoms with E-state index in [0.717, 1.165) is 12.3 Å². The molecule has 2 aromatic rings. The summed E-state index contributed by atoms with van der Waals surface area (Å²) in [6.45, 7) is 4.34. The fourth-order valence-electron chi connectivity index (χ4n) is 3.07. The van der Waals surface area contributed by atoms with Crippen LogP contribution in [0.2, 0.25) is 10.0 Å². The Labute approximate surface area is 203 Å². The highest BCUT2D eigenvalue weighted by Gasteiger charge is 2.31. The van der Waals surface area contributed by atoms with Gasteiger partial charge in [-0.05, 0) is 50.6 Å². The summed E-state index contributed by atoms with van der Waals surface area (Å²) in [6, 6.07) is 8.89. The average Bonchev–Trinajstić information content (AvgIpc) is 2.71. The Morgan fingerprint density at radius 1 is 1.06 bits per heavy atom. The first-order valence-corrected chi connectivity index (χ1v) is 12.7. The molecule has 0 radical (unpaired) electrons. The second-order valence-corrected chi connectivity index (χ2v) is 10.6. The first-order valence-electron chi connectivity index (χ1n) is 10.1. The van der Waals surface area contributed by atoms with Crippen LogP contribution in [-0.4, -0.2) is 50.0 Å². The predicted molar refractivity (Wildman–Crippen MR) is 128 cm³/mol. The Kier molecular flexibility index (Phi) is 9.11. The largest absolute Gasteiger partial charge is 0.352 e. The van der Waals surface area contributed by atoms with E-state index in [2.05, 4.69) is 5.32 Å². The van der Waals surface area contributed by atoms with E-state index in [0.29, 0.717) is 14.9 Å². The van der Waals surface area contributed by atoms with Crippen molar-refractivity contribution >= 4 is 50.7 Å². The SMILES string of the molecule is CC(C)NC(=O)C(C)N(Cc1ccc(Cl)c(Cl)c1)C(=O)CN(c1ccccc1F)S(C)(=O)=O. The van der Waals surface area contributed by atoms with E-state index in [-0.39, 0.29) is 23.3 Å². The number of nitrogens with zero attached hydrogens (tertiary/aromatic N) is 2. The molecule has 0 spiro atoms. The summed E-state index contributed by atoms with van der Waals surface area (Å²) in [5.74, 6) is -1.91. The highest BCUT2D eigenvalue weighted by Crippen LogP contribution is 2.25. The monoisotopic (exact) mass is 517 g/mol. The van der Waals surface area contributed by atoms with Crippen molar-refractivity contribution in [3.63, 3.8) is 0 Å². The molecule has 0 heterocycles. The number of rotatable bonds is 9. The molecule has 0 fully saturated rings. The van der Waals surface area contributed by atoms with Crippen LogP contribution in [0.3, 0.4) is 0 Å². The van der Waals surface area contributed by atoms with Crippen LogP contribution in [0.15, 0.2) is 42.5 Å². The summed E-state index contributed by atoms with van der Waals surface area (Å²) in [7, 11) is -4.01. The molecule has 7 nitrogen and oxygen atoms in total. The number of anilines is 1. The van der Waals surface area contributed by atoms with E-state index < -0.39 is 40.2 Å². The molecule has 2 amide bonds. The molecule has 0 saturated heterocycles. The molecule has 0 aromatic heterocycles. The van der Waals surface area contributed by atoms with Crippen LogP contribution in [0.5, 0.6) is 0 Å². The summed E-state index contributed by atoms with van der Waals surface area (Å²) in [5, 5.41) is 3.33. The lowest BCUT2D eigenvalue weighted by Crippen LogP contribution is -2.52. The zero-order valence-corrected chi connectivity index (χ0v) is 21.0. The van der Waals surface area contributed by atoms with Crippen molar-refractivity contribution in [3.05, 3.63) is 63.9 Å².